The molecular formula is C9H21N3O4S. The molecule has 0 aliphatic carbocycles. The smallest absolute Gasteiger partial charge is 0.280 e. The lowest BCUT2D eigenvalue weighted by Crippen LogP contribution is -2.59. The third-order valence-electron chi connectivity index (χ3n) is 3.04. The highest BCUT2D eigenvalue weighted by atomic mass is 32.2. The second-order valence-corrected chi connectivity index (χ2v) is 5.88. The average Bonchev–Trinajstić information content (AvgIpc) is 2.37. The number of rotatable bonds is 6. The van der Waals surface area contributed by atoms with Gasteiger partial charge in [0.15, 0.2) is 0 Å². The summed E-state index contributed by atoms with van der Waals surface area (Å²) in [4.78, 5) is 0. The second-order valence-electron chi connectivity index (χ2n) is 4.21. The maximum atomic E-state index is 12.0. The molecule has 1 heterocycles. The predicted molar refractivity (Wildman–Crippen MR) is 63.7 cm³/mol. The highest BCUT2D eigenvalue weighted by molar-refractivity contribution is 7.87. The van der Waals surface area contributed by atoms with Crippen LogP contribution in [-0.2, 0) is 10.2 Å². The number of nitrogens with one attached hydrogen (secondary N) is 2. The first-order valence-electron chi connectivity index (χ1n) is 5.71. The third-order valence-corrected chi connectivity index (χ3v) is 4.78. The topological polar surface area (TPSA) is 102 Å². The summed E-state index contributed by atoms with van der Waals surface area (Å²) in [6.45, 7) is 2.87. The van der Waals surface area contributed by atoms with Crippen molar-refractivity contribution in [3.63, 3.8) is 0 Å². The zero-order valence-electron chi connectivity index (χ0n) is 10.0. The van der Waals surface area contributed by atoms with Gasteiger partial charge in [0.2, 0.25) is 0 Å². The minimum Gasteiger partial charge on any atom is -0.394 e. The van der Waals surface area contributed by atoms with E-state index in [9.17, 15) is 18.6 Å². The Morgan fingerprint density at radius 3 is 2.24 bits per heavy atom. The SMILES string of the molecule is CCC(CO)(CO)NS(=O)(=O)N1CCNCC1. The molecule has 0 amide bonds. The van der Waals surface area contributed by atoms with Crippen molar-refractivity contribution in [1.29, 1.82) is 0 Å². The van der Waals surface area contributed by atoms with Gasteiger partial charge in [-0.2, -0.15) is 17.4 Å². The van der Waals surface area contributed by atoms with Gasteiger partial charge < -0.3 is 15.5 Å². The van der Waals surface area contributed by atoms with E-state index in [0.717, 1.165) is 0 Å². The van der Waals surface area contributed by atoms with E-state index in [1.807, 2.05) is 0 Å². The molecular weight excluding hydrogens is 246 g/mol. The Balaban J connectivity index is 2.76. The summed E-state index contributed by atoms with van der Waals surface area (Å²) in [5.41, 5.74) is -1.18. The van der Waals surface area contributed by atoms with Gasteiger partial charge in [-0.15, -0.1) is 0 Å². The van der Waals surface area contributed by atoms with Crippen LogP contribution in [0.5, 0.6) is 0 Å². The fourth-order valence-corrected chi connectivity index (χ4v) is 3.25. The van der Waals surface area contributed by atoms with Gasteiger partial charge in [-0.05, 0) is 6.42 Å². The fraction of sp³-hybridized carbons (Fsp3) is 1.00. The number of piperazine rings is 1. The molecule has 102 valence electrons. The van der Waals surface area contributed by atoms with Gasteiger partial charge in [0.05, 0.1) is 18.8 Å². The lowest BCUT2D eigenvalue weighted by molar-refractivity contribution is 0.103. The molecule has 4 N–H and O–H groups in total. The Morgan fingerprint density at radius 1 is 1.29 bits per heavy atom. The predicted octanol–water partition coefficient (Wildman–Crippen LogP) is -2.14. The molecule has 1 aliphatic heterocycles. The molecule has 1 rings (SSSR count). The van der Waals surface area contributed by atoms with Crippen molar-refractivity contribution >= 4 is 10.2 Å². The first-order valence-corrected chi connectivity index (χ1v) is 7.15. The maximum absolute atomic E-state index is 12.0. The highest BCUT2D eigenvalue weighted by Crippen LogP contribution is 2.12. The first-order chi connectivity index (χ1) is 7.99. The van der Waals surface area contributed by atoms with Gasteiger partial charge in [0, 0.05) is 26.2 Å². The molecule has 0 bridgehead atoms. The molecule has 0 aromatic rings. The van der Waals surface area contributed by atoms with Gasteiger partial charge in [-0.3, -0.25) is 0 Å². The molecule has 8 heteroatoms. The Kier molecular flexibility index (Phi) is 5.29. The molecule has 0 unspecified atom stereocenters. The van der Waals surface area contributed by atoms with Crippen molar-refractivity contribution in [1.82, 2.24) is 14.3 Å². The van der Waals surface area contributed by atoms with Crippen molar-refractivity contribution in [3.8, 4) is 0 Å². The summed E-state index contributed by atoms with van der Waals surface area (Å²) in [6, 6.07) is 0. The lowest BCUT2D eigenvalue weighted by atomic mass is 10.0. The molecule has 0 spiro atoms. The van der Waals surface area contributed by atoms with Crippen molar-refractivity contribution in [2.24, 2.45) is 0 Å². The molecule has 0 aromatic carbocycles. The standard InChI is InChI=1S/C9H21N3O4S/c1-2-9(7-13,8-14)11-17(15,16)12-5-3-10-4-6-12/h10-11,13-14H,2-8H2,1H3. The fourth-order valence-electron chi connectivity index (χ4n) is 1.63. The quantitative estimate of drug-likeness (QED) is 0.440. The molecule has 0 radical (unpaired) electrons. The Labute approximate surface area is 102 Å². The molecule has 7 nitrogen and oxygen atoms in total. The molecule has 0 aromatic heterocycles. The van der Waals surface area contributed by atoms with E-state index >= 15 is 0 Å². The molecule has 0 saturated carbocycles. The summed E-state index contributed by atoms with van der Waals surface area (Å²) in [7, 11) is -3.65. The van der Waals surface area contributed by atoms with Crippen LogP contribution in [-0.4, -0.2) is 67.9 Å². The van der Waals surface area contributed by atoms with Gasteiger partial charge in [-0.1, -0.05) is 6.92 Å². The van der Waals surface area contributed by atoms with Gasteiger partial charge in [-0.25, -0.2) is 0 Å². The van der Waals surface area contributed by atoms with E-state index in [1.165, 1.54) is 4.31 Å². The van der Waals surface area contributed by atoms with Crippen LogP contribution in [0.4, 0.5) is 0 Å². The van der Waals surface area contributed by atoms with E-state index in [-0.39, 0.29) is 0 Å². The van der Waals surface area contributed by atoms with Crippen molar-refractivity contribution < 1.29 is 18.6 Å². The van der Waals surface area contributed by atoms with Crippen LogP contribution in [0.25, 0.3) is 0 Å². The van der Waals surface area contributed by atoms with Crippen molar-refractivity contribution in [2.45, 2.75) is 18.9 Å². The van der Waals surface area contributed by atoms with E-state index < -0.39 is 29.0 Å². The zero-order valence-corrected chi connectivity index (χ0v) is 10.8. The van der Waals surface area contributed by atoms with E-state index in [2.05, 4.69) is 10.0 Å². The van der Waals surface area contributed by atoms with Crippen LogP contribution >= 0.6 is 0 Å². The van der Waals surface area contributed by atoms with Crippen molar-refractivity contribution in [2.75, 3.05) is 39.4 Å². The van der Waals surface area contributed by atoms with Crippen LogP contribution in [0.1, 0.15) is 13.3 Å². The Hall–Kier alpha value is -0.250. The Morgan fingerprint density at radius 2 is 1.82 bits per heavy atom. The van der Waals surface area contributed by atoms with Gasteiger partial charge in [0.1, 0.15) is 0 Å². The number of nitrogens with zero attached hydrogens (tertiary/aromatic N) is 1. The molecule has 1 fully saturated rings. The average molecular weight is 267 g/mol. The number of hydrogen-bond donors (Lipinski definition) is 4. The normalized spacial score (nSPS) is 19.5. The monoisotopic (exact) mass is 267 g/mol. The summed E-state index contributed by atoms with van der Waals surface area (Å²) in [6.07, 6.45) is 0.325. The van der Waals surface area contributed by atoms with Gasteiger partial charge >= 0.3 is 0 Å². The largest absolute Gasteiger partial charge is 0.394 e. The number of aliphatic hydroxyl groups is 2. The molecule has 1 saturated heterocycles. The lowest BCUT2D eigenvalue weighted by Gasteiger charge is -2.34. The summed E-state index contributed by atoms with van der Waals surface area (Å²) >= 11 is 0. The minimum atomic E-state index is -3.65. The van der Waals surface area contributed by atoms with Crippen molar-refractivity contribution in [3.05, 3.63) is 0 Å². The highest BCUT2D eigenvalue weighted by Gasteiger charge is 2.35. The number of hydrogen-bond acceptors (Lipinski definition) is 5. The van der Waals surface area contributed by atoms with E-state index in [0.29, 0.717) is 32.6 Å². The van der Waals surface area contributed by atoms with Crippen LogP contribution < -0.4 is 10.0 Å². The minimum absolute atomic E-state index is 0.325. The first kappa shape index (κ1) is 14.8. The van der Waals surface area contributed by atoms with Crippen LogP contribution in [0.3, 0.4) is 0 Å². The summed E-state index contributed by atoms with van der Waals surface area (Å²) < 4.78 is 27.8. The van der Waals surface area contributed by atoms with Gasteiger partial charge in [0.25, 0.3) is 10.2 Å². The third kappa shape index (κ3) is 3.60. The van der Waals surface area contributed by atoms with E-state index in [4.69, 9.17) is 0 Å². The summed E-state index contributed by atoms with van der Waals surface area (Å²) in [5.74, 6) is 0. The Bertz CT molecular complexity index is 315. The molecule has 1 aliphatic rings. The van der Waals surface area contributed by atoms with Crippen LogP contribution in [0, 0.1) is 0 Å². The van der Waals surface area contributed by atoms with E-state index in [1.54, 1.807) is 6.92 Å². The van der Waals surface area contributed by atoms with Crippen LogP contribution in [0.15, 0.2) is 0 Å². The van der Waals surface area contributed by atoms with Crippen LogP contribution in [0.2, 0.25) is 0 Å². The molecule has 17 heavy (non-hydrogen) atoms. The zero-order chi connectivity index (χ0) is 12.9. The summed E-state index contributed by atoms with van der Waals surface area (Å²) in [5, 5.41) is 21.5. The molecule has 0 atom stereocenters. The maximum Gasteiger partial charge on any atom is 0.280 e. The number of aliphatic hydroxyl groups excluding tert-OH is 2. The second kappa shape index (κ2) is 6.07.